The van der Waals surface area contributed by atoms with E-state index in [0.717, 1.165) is 21.3 Å². The highest BCUT2D eigenvalue weighted by molar-refractivity contribution is 14.1. The molecule has 1 heterocycles. The lowest BCUT2D eigenvalue weighted by Crippen LogP contribution is -3.16. The van der Waals surface area contributed by atoms with E-state index < -0.39 is 11.2 Å². The molecule has 1 amide bonds. The molecular formula is C20H29INO4+. The van der Waals surface area contributed by atoms with E-state index in [1.165, 1.54) is 0 Å². The van der Waals surface area contributed by atoms with Crippen molar-refractivity contribution in [3.63, 3.8) is 0 Å². The highest BCUT2D eigenvalue weighted by atomic mass is 127. The average molecular weight is 474 g/mol. The molecule has 0 saturated carbocycles. The molecule has 0 atom stereocenters. The molecule has 1 aromatic carbocycles. The molecule has 1 saturated heterocycles. The molecule has 0 unspecified atom stereocenters. The molecule has 2 rings (SSSR count). The van der Waals surface area contributed by atoms with Crippen molar-refractivity contribution in [2.24, 2.45) is 5.92 Å². The summed E-state index contributed by atoms with van der Waals surface area (Å²) in [6.45, 7) is 11.0. The summed E-state index contributed by atoms with van der Waals surface area (Å²) in [7, 11) is 0. The monoisotopic (exact) mass is 474 g/mol. The van der Waals surface area contributed by atoms with E-state index in [4.69, 9.17) is 9.47 Å². The zero-order chi connectivity index (χ0) is 19.5. The minimum absolute atomic E-state index is 0.190. The van der Waals surface area contributed by atoms with Crippen molar-refractivity contribution in [2.75, 3.05) is 13.1 Å². The number of quaternary nitrogens is 1. The van der Waals surface area contributed by atoms with Crippen LogP contribution in [0.15, 0.2) is 24.3 Å². The molecule has 1 N–H and O–H groups in total. The van der Waals surface area contributed by atoms with Crippen LogP contribution in [0.2, 0.25) is 0 Å². The van der Waals surface area contributed by atoms with Crippen LogP contribution in [0.5, 0.6) is 0 Å². The van der Waals surface area contributed by atoms with E-state index in [2.05, 4.69) is 22.6 Å². The normalized spacial score (nSPS) is 21.2. The number of nitrogens with one attached hydrogen (secondary N) is 1. The Morgan fingerprint density at radius 1 is 1.00 bits per heavy atom. The zero-order valence-corrected chi connectivity index (χ0v) is 18.4. The van der Waals surface area contributed by atoms with E-state index in [1.807, 2.05) is 46.8 Å². The molecule has 1 aliphatic rings. The Bertz CT molecular complexity index is 641. The summed E-state index contributed by atoms with van der Waals surface area (Å²) in [6.07, 6.45) is 1.45. The number of piperidine rings is 1. The first-order valence-electron chi connectivity index (χ1n) is 9.05. The van der Waals surface area contributed by atoms with Gasteiger partial charge in [0.25, 0.3) is 0 Å². The molecule has 1 aromatic rings. The summed E-state index contributed by atoms with van der Waals surface area (Å²) in [5.41, 5.74) is -0.474. The highest BCUT2D eigenvalue weighted by Crippen LogP contribution is 2.29. The lowest BCUT2D eigenvalue weighted by Gasteiger charge is -2.37. The molecule has 5 nitrogen and oxygen atoms in total. The van der Waals surface area contributed by atoms with E-state index >= 15 is 0 Å². The SMILES string of the molecule is CC(C)(C)OC(=O)[NH+]1CCC(C(C)(C)OC(=O)c2ccc(I)cc2)CC1. The molecule has 0 bridgehead atoms. The topological polar surface area (TPSA) is 57.0 Å². The molecule has 0 spiro atoms. The Labute approximate surface area is 169 Å². The fourth-order valence-corrected chi connectivity index (χ4v) is 3.54. The van der Waals surface area contributed by atoms with Crippen molar-refractivity contribution in [1.82, 2.24) is 0 Å². The molecule has 1 aliphatic heterocycles. The second kappa shape index (κ2) is 8.25. The van der Waals surface area contributed by atoms with Crippen molar-refractivity contribution < 1.29 is 24.0 Å². The molecule has 144 valence electrons. The number of hydrogen-bond donors (Lipinski definition) is 1. The van der Waals surface area contributed by atoms with Crippen LogP contribution >= 0.6 is 22.6 Å². The zero-order valence-electron chi connectivity index (χ0n) is 16.2. The number of carbonyl (C=O) groups is 2. The van der Waals surface area contributed by atoms with Gasteiger partial charge in [-0.3, -0.25) is 0 Å². The number of hydrogen-bond acceptors (Lipinski definition) is 4. The van der Waals surface area contributed by atoms with E-state index in [1.54, 1.807) is 12.1 Å². The van der Waals surface area contributed by atoms with Gasteiger partial charge in [0, 0.05) is 22.3 Å². The van der Waals surface area contributed by atoms with Crippen LogP contribution in [0.4, 0.5) is 4.79 Å². The highest BCUT2D eigenvalue weighted by Gasteiger charge is 2.40. The van der Waals surface area contributed by atoms with Gasteiger partial charge in [0.1, 0.15) is 11.2 Å². The maximum absolute atomic E-state index is 12.4. The van der Waals surface area contributed by atoms with Gasteiger partial charge in [0.15, 0.2) is 0 Å². The quantitative estimate of drug-likeness (QED) is 0.539. The first-order chi connectivity index (χ1) is 12.0. The summed E-state index contributed by atoms with van der Waals surface area (Å²) >= 11 is 2.21. The fourth-order valence-electron chi connectivity index (χ4n) is 3.18. The van der Waals surface area contributed by atoms with Crippen LogP contribution in [-0.4, -0.2) is 36.4 Å². The van der Waals surface area contributed by atoms with Crippen LogP contribution in [0.3, 0.4) is 0 Å². The van der Waals surface area contributed by atoms with E-state index in [9.17, 15) is 9.59 Å². The predicted octanol–water partition coefficient (Wildman–Crippen LogP) is 3.46. The molecule has 0 radical (unpaired) electrons. The number of ether oxygens (including phenoxy) is 2. The van der Waals surface area contributed by atoms with Crippen molar-refractivity contribution in [3.05, 3.63) is 33.4 Å². The smallest absolute Gasteiger partial charge is 0.456 e. The van der Waals surface area contributed by atoms with Gasteiger partial charge >= 0.3 is 12.1 Å². The Balaban J connectivity index is 1.91. The Morgan fingerprint density at radius 2 is 1.54 bits per heavy atom. The Morgan fingerprint density at radius 3 is 2.04 bits per heavy atom. The third-order valence-corrected chi connectivity index (χ3v) is 5.41. The van der Waals surface area contributed by atoms with Gasteiger partial charge in [-0.25, -0.2) is 9.69 Å². The largest absolute Gasteiger partial charge is 0.514 e. The number of likely N-dealkylation sites (tertiary alicyclic amines) is 1. The summed E-state index contributed by atoms with van der Waals surface area (Å²) in [5, 5.41) is 0. The number of carbonyl (C=O) groups excluding carboxylic acids is 2. The van der Waals surface area contributed by atoms with Crippen molar-refractivity contribution in [3.8, 4) is 0 Å². The van der Waals surface area contributed by atoms with Gasteiger partial charge in [-0.05, 0) is 81.5 Å². The number of halogens is 1. The predicted molar refractivity (Wildman–Crippen MR) is 108 cm³/mol. The molecule has 1 fully saturated rings. The molecule has 26 heavy (non-hydrogen) atoms. The average Bonchev–Trinajstić information content (AvgIpc) is 2.53. The Kier molecular flexibility index (Phi) is 6.71. The van der Waals surface area contributed by atoms with Crippen LogP contribution in [-0.2, 0) is 9.47 Å². The van der Waals surface area contributed by atoms with Gasteiger partial charge < -0.3 is 9.47 Å². The lowest BCUT2D eigenvalue weighted by atomic mass is 9.83. The summed E-state index contributed by atoms with van der Waals surface area (Å²) in [5.74, 6) is -0.0743. The van der Waals surface area contributed by atoms with Crippen molar-refractivity contribution >= 4 is 34.7 Å². The standard InChI is InChI=1S/C20H28INO4/c1-19(2,3)26-18(24)22-12-10-15(11-13-22)20(4,5)25-17(23)14-6-8-16(21)9-7-14/h6-9,15H,10-13H2,1-5H3/p+1. The van der Waals surface area contributed by atoms with Crippen molar-refractivity contribution in [1.29, 1.82) is 0 Å². The number of esters is 1. The van der Waals surface area contributed by atoms with Crippen molar-refractivity contribution in [2.45, 2.75) is 58.7 Å². The van der Waals surface area contributed by atoms with Gasteiger partial charge in [-0.15, -0.1) is 0 Å². The maximum atomic E-state index is 12.4. The minimum atomic E-state index is -0.570. The van der Waals surface area contributed by atoms with Crippen LogP contribution in [0.25, 0.3) is 0 Å². The third kappa shape index (κ3) is 5.94. The molecular weight excluding hydrogens is 445 g/mol. The fraction of sp³-hybridized carbons (Fsp3) is 0.600. The molecule has 0 aliphatic carbocycles. The van der Waals surface area contributed by atoms with E-state index in [-0.39, 0.29) is 18.0 Å². The number of benzene rings is 1. The van der Waals surface area contributed by atoms with Gasteiger partial charge in [-0.2, -0.15) is 4.79 Å². The third-order valence-electron chi connectivity index (χ3n) is 4.70. The van der Waals surface area contributed by atoms with Gasteiger partial charge in [0.2, 0.25) is 0 Å². The Hall–Kier alpha value is -1.15. The van der Waals surface area contributed by atoms with Crippen LogP contribution in [0, 0.1) is 9.49 Å². The second-order valence-corrected chi connectivity index (χ2v) is 9.63. The maximum Gasteiger partial charge on any atom is 0.514 e. The van der Waals surface area contributed by atoms with E-state index in [0.29, 0.717) is 18.7 Å². The van der Waals surface area contributed by atoms with Crippen LogP contribution < -0.4 is 4.90 Å². The summed E-state index contributed by atoms with van der Waals surface area (Å²) < 4.78 is 12.4. The van der Waals surface area contributed by atoms with Gasteiger partial charge in [-0.1, -0.05) is 0 Å². The number of alkyl carbamates (subject to hydrolysis) is 2. The molecule has 6 heteroatoms. The number of amides is 1. The lowest BCUT2D eigenvalue weighted by molar-refractivity contribution is -0.832. The van der Waals surface area contributed by atoms with Gasteiger partial charge in [0.05, 0.1) is 18.7 Å². The number of rotatable bonds is 3. The van der Waals surface area contributed by atoms with Crippen LogP contribution in [0.1, 0.15) is 57.8 Å². The summed E-state index contributed by atoms with van der Waals surface area (Å²) in [6, 6.07) is 7.37. The summed E-state index contributed by atoms with van der Waals surface area (Å²) in [4.78, 5) is 25.5. The molecule has 0 aromatic heterocycles. The second-order valence-electron chi connectivity index (χ2n) is 8.38. The first-order valence-corrected chi connectivity index (χ1v) is 10.1. The minimum Gasteiger partial charge on any atom is -0.456 e. The first kappa shape index (κ1) is 21.2.